The third-order valence-corrected chi connectivity index (χ3v) is 4.47. The number of benzene rings is 1. The van der Waals surface area contributed by atoms with Crippen molar-refractivity contribution in [1.82, 2.24) is 9.80 Å². The van der Waals surface area contributed by atoms with E-state index < -0.39 is 11.7 Å². The van der Waals surface area contributed by atoms with Gasteiger partial charge >= 0.3 is 12.2 Å². The molecule has 2 amide bonds. The number of carbonyl (C=O) groups excluding carboxylic acids is 1. The Kier molecular flexibility index (Phi) is 4.69. The zero-order valence-electron chi connectivity index (χ0n) is 13.3. The number of nitrogens with one attached hydrogen (secondary N) is 1. The Morgan fingerprint density at radius 2 is 2.04 bits per heavy atom. The van der Waals surface area contributed by atoms with Crippen LogP contribution >= 0.6 is 0 Å². The first-order chi connectivity index (χ1) is 11.3. The van der Waals surface area contributed by atoms with E-state index in [0.29, 0.717) is 26.3 Å². The second kappa shape index (κ2) is 6.60. The standard InChI is InChI=1S/C16H20F3N3O2/c1-21-6-11-7-22(8-14(21)10-24-9-11)15(23)20-13-4-2-3-12(5-13)16(17,18)19/h2-5,11,14H,6-10H2,1H3,(H,20,23)/t11-,14+/m1/s1. The van der Waals surface area contributed by atoms with Gasteiger partial charge in [0, 0.05) is 31.2 Å². The quantitative estimate of drug-likeness (QED) is 0.852. The molecule has 2 saturated heterocycles. The molecular weight excluding hydrogens is 323 g/mol. The van der Waals surface area contributed by atoms with Gasteiger partial charge < -0.3 is 15.0 Å². The number of urea groups is 1. The van der Waals surface area contributed by atoms with E-state index in [9.17, 15) is 18.0 Å². The van der Waals surface area contributed by atoms with E-state index in [1.807, 2.05) is 7.05 Å². The molecule has 5 nitrogen and oxygen atoms in total. The Balaban J connectivity index is 1.71. The number of likely N-dealkylation sites (N-methyl/N-ethyl adjacent to an activating group) is 1. The second-order valence-electron chi connectivity index (χ2n) is 6.41. The molecule has 2 atom stereocenters. The first-order valence-electron chi connectivity index (χ1n) is 7.84. The van der Waals surface area contributed by atoms with Crippen LogP contribution in [-0.4, -0.2) is 61.8 Å². The van der Waals surface area contributed by atoms with Crippen molar-refractivity contribution in [2.45, 2.75) is 12.2 Å². The molecule has 2 heterocycles. The van der Waals surface area contributed by atoms with Crippen molar-refractivity contribution in [3.05, 3.63) is 29.8 Å². The van der Waals surface area contributed by atoms with Crippen molar-refractivity contribution < 1.29 is 22.7 Å². The summed E-state index contributed by atoms with van der Waals surface area (Å²) >= 11 is 0. The molecular formula is C16H20F3N3O2. The van der Waals surface area contributed by atoms with Gasteiger partial charge in [-0.05, 0) is 25.2 Å². The number of anilines is 1. The lowest BCUT2D eigenvalue weighted by Crippen LogP contribution is -2.46. The molecule has 1 aromatic carbocycles. The molecule has 0 aliphatic carbocycles. The Labute approximate surface area is 138 Å². The fraction of sp³-hybridized carbons (Fsp3) is 0.562. The third-order valence-electron chi connectivity index (χ3n) is 4.47. The van der Waals surface area contributed by atoms with Gasteiger partial charge in [-0.2, -0.15) is 13.2 Å². The van der Waals surface area contributed by atoms with Crippen molar-refractivity contribution in [1.29, 1.82) is 0 Å². The van der Waals surface area contributed by atoms with Crippen LogP contribution in [0.4, 0.5) is 23.7 Å². The SMILES string of the molecule is CN1C[C@H]2COC[C@@H]1CN(C(=O)Nc1cccc(C(F)(F)F)c1)C2. The lowest BCUT2D eigenvalue weighted by Gasteiger charge is -2.29. The summed E-state index contributed by atoms with van der Waals surface area (Å²) in [7, 11) is 2.00. The van der Waals surface area contributed by atoms with Gasteiger partial charge in [0.15, 0.2) is 0 Å². The summed E-state index contributed by atoms with van der Waals surface area (Å²) in [5.41, 5.74) is -0.630. The van der Waals surface area contributed by atoms with Crippen LogP contribution in [0.15, 0.2) is 24.3 Å². The fourth-order valence-electron chi connectivity index (χ4n) is 3.19. The second-order valence-corrected chi connectivity index (χ2v) is 6.41. The first-order valence-corrected chi connectivity index (χ1v) is 7.84. The summed E-state index contributed by atoms with van der Waals surface area (Å²) in [5, 5.41) is 2.58. The highest BCUT2D eigenvalue weighted by molar-refractivity contribution is 5.89. The molecule has 2 fully saturated rings. The van der Waals surface area contributed by atoms with Gasteiger partial charge in [-0.1, -0.05) is 6.07 Å². The highest BCUT2D eigenvalue weighted by Crippen LogP contribution is 2.30. The van der Waals surface area contributed by atoms with Crippen LogP contribution in [0.3, 0.4) is 0 Å². The van der Waals surface area contributed by atoms with E-state index in [0.717, 1.165) is 18.7 Å². The van der Waals surface area contributed by atoms with Crippen LogP contribution in [-0.2, 0) is 10.9 Å². The Morgan fingerprint density at radius 1 is 1.25 bits per heavy atom. The van der Waals surface area contributed by atoms with E-state index in [1.165, 1.54) is 12.1 Å². The zero-order chi connectivity index (χ0) is 17.3. The molecule has 0 radical (unpaired) electrons. The summed E-state index contributed by atoms with van der Waals surface area (Å²) in [6, 6.07) is 4.41. The van der Waals surface area contributed by atoms with Gasteiger partial charge in [0.1, 0.15) is 0 Å². The van der Waals surface area contributed by atoms with E-state index >= 15 is 0 Å². The molecule has 2 aliphatic rings. The molecule has 0 aromatic heterocycles. The van der Waals surface area contributed by atoms with Crippen LogP contribution in [0.5, 0.6) is 0 Å². The van der Waals surface area contributed by atoms with E-state index in [2.05, 4.69) is 10.2 Å². The molecule has 8 heteroatoms. The minimum atomic E-state index is -4.43. The Bertz CT molecular complexity index is 608. The summed E-state index contributed by atoms with van der Waals surface area (Å²) < 4.78 is 43.9. The average molecular weight is 343 g/mol. The fourth-order valence-corrected chi connectivity index (χ4v) is 3.19. The lowest BCUT2D eigenvalue weighted by atomic mass is 10.1. The van der Waals surface area contributed by atoms with Crippen molar-refractivity contribution in [2.75, 3.05) is 45.2 Å². The van der Waals surface area contributed by atoms with Gasteiger partial charge in [0.2, 0.25) is 0 Å². The number of ether oxygens (including phenoxy) is 1. The van der Waals surface area contributed by atoms with Crippen LogP contribution < -0.4 is 5.32 Å². The number of alkyl halides is 3. The lowest BCUT2D eigenvalue weighted by molar-refractivity contribution is -0.137. The largest absolute Gasteiger partial charge is 0.416 e. The first kappa shape index (κ1) is 17.0. The normalized spacial score (nSPS) is 25.2. The predicted octanol–water partition coefficient (Wildman–Crippen LogP) is 2.50. The summed E-state index contributed by atoms with van der Waals surface area (Å²) in [6.07, 6.45) is -4.43. The van der Waals surface area contributed by atoms with Crippen LogP contribution in [0.2, 0.25) is 0 Å². The molecule has 1 aromatic rings. The topological polar surface area (TPSA) is 44.8 Å². The highest BCUT2D eigenvalue weighted by atomic mass is 19.4. The molecule has 2 aliphatic heterocycles. The molecule has 0 saturated carbocycles. The number of amides is 2. The van der Waals surface area contributed by atoms with Gasteiger partial charge in [-0.3, -0.25) is 4.90 Å². The molecule has 132 valence electrons. The van der Waals surface area contributed by atoms with Crippen LogP contribution in [0, 0.1) is 5.92 Å². The number of fused-ring (bicyclic) bond motifs is 3. The molecule has 0 spiro atoms. The van der Waals surface area contributed by atoms with Gasteiger partial charge in [-0.15, -0.1) is 0 Å². The highest BCUT2D eigenvalue weighted by Gasteiger charge is 2.34. The maximum Gasteiger partial charge on any atom is 0.416 e. The number of nitrogens with zero attached hydrogens (tertiary/aromatic N) is 2. The maximum atomic E-state index is 12.8. The predicted molar refractivity (Wildman–Crippen MR) is 82.8 cm³/mol. The van der Waals surface area contributed by atoms with E-state index in [4.69, 9.17) is 4.74 Å². The molecule has 1 N–H and O–H groups in total. The van der Waals surface area contributed by atoms with Crippen molar-refractivity contribution >= 4 is 11.7 Å². The molecule has 24 heavy (non-hydrogen) atoms. The van der Waals surface area contributed by atoms with Gasteiger partial charge in [-0.25, -0.2) is 4.79 Å². The summed E-state index contributed by atoms with van der Waals surface area (Å²) in [5.74, 6) is 0.203. The van der Waals surface area contributed by atoms with Crippen LogP contribution in [0.25, 0.3) is 0 Å². The monoisotopic (exact) mass is 343 g/mol. The number of carbonyl (C=O) groups is 1. The number of hydrogen-bond donors (Lipinski definition) is 1. The van der Waals surface area contributed by atoms with Crippen molar-refractivity contribution in [3.8, 4) is 0 Å². The maximum absolute atomic E-state index is 12.8. The number of hydrogen-bond acceptors (Lipinski definition) is 3. The zero-order valence-corrected chi connectivity index (χ0v) is 13.3. The Morgan fingerprint density at radius 3 is 2.79 bits per heavy atom. The average Bonchev–Trinajstić information content (AvgIpc) is 2.75. The van der Waals surface area contributed by atoms with Gasteiger partial charge in [0.05, 0.1) is 24.8 Å². The van der Waals surface area contributed by atoms with Gasteiger partial charge in [0.25, 0.3) is 0 Å². The van der Waals surface area contributed by atoms with E-state index in [1.54, 1.807) is 4.90 Å². The van der Waals surface area contributed by atoms with Crippen molar-refractivity contribution in [2.24, 2.45) is 5.92 Å². The molecule has 2 bridgehead atoms. The third kappa shape index (κ3) is 3.81. The summed E-state index contributed by atoms with van der Waals surface area (Å²) in [4.78, 5) is 16.3. The minimum Gasteiger partial charge on any atom is -0.379 e. The summed E-state index contributed by atoms with van der Waals surface area (Å²) in [6.45, 7) is 3.02. The number of rotatable bonds is 1. The van der Waals surface area contributed by atoms with Crippen molar-refractivity contribution in [3.63, 3.8) is 0 Å². The smallest absolute Gasteiger partial charge is 0.379 e. The minimum absolute atomic E-state index is 0.102. The molecule has 3 rings (SSSR count). The Hall–Kier alpha value is -1.80. The van der Waals surface area contributed by atoms with E-state index in [-0.39, 0.29) is 23.7 Å². The number of halogens is 3. The van der Waals surface area contributed by atoms with Crippen LogP contribution in [0.1, 0.15) is 5.56 Å². The molecule has 0 unspecified atom stereocenters.